The molecule has 0 aliphatic carbocycles. The zero-order valence-corrected chi connectivity index (χ0v) is 13.3. The number of nitrogens with one attached hydrogen (secondary N) is 1. The van der Waals surface area contributed by atoms with Crippen molar-refractivity contribution in [3.63, 3.8) is 0 Å². The van der Waals surface area contributed by atoms with Crippen molar-refractivity contribution in [2.45, 2.75) is 44.4 Å². The fourth-order valence-electron chi connectivity index (χ4n) is 2.96. The van der Waals surface area contributed by atoms with Gasteiger partial charge in [0.05, 0.1) is 6.54 Å². The standard InChI is InChI=1S/C16H22ClF3N2/c17-14-5-3-4-13(10-14)11-22-9-2-1-6-15(22)7-8-21-12-16(18,19)20/h3-5,10,15,21H,1-2,6-9,11-12H2. The molecule has 1 aromatic rings. The number of alkyl halides is 3. The molecular formula is C16H22ClF3N2. The lowest BCUT2D eigenvalue weighted by Crippen LogP contribution is -2.41. The van der Waals surface area contributed by atoms with Gasteiger partial charge in [0, 0.05) is 17.6 Å². The number of likely N-dealkylation sites (tertiary alicyclic amines) is 1. The average molecular weight is 335 g/mol. The Bertz CT molecular complexity index is 465. The monoisotopic (exact) mass is 334 g/mol. The van der Waals surface area contributed by atoms with E-state index < -0.39 is 12.7 Å². The lowest BCUT2D eigenvalue weighted by atomic mass is 9.98. The Morgan fingerprint density at radius 2 is 2.09 bits per heavy atom. The number of hydrogen-bond donors (Lipinski definition) is 1. The number of benzene rings is 1. The van der Waals surface area contributed by atoms with Crippen LogP contribution in [0.5, 0.6) is 0 Å². The minimum atomic E-state index is -4.13. The first-order valence-corrected chi connectivity index (χ1v) is 8.08. The molecule has 1 aliphatic heterocycles. The fourth-order valence-corrected chi connectivity index (χ4v) is 3.18. The molecule has 0 amide bonds. The highest BCUT2D eigenvalue weighted by atomic mass is 35.5. The van der Waals surface area contributed by atoms with Crippen LogP contribution in [0.2, 0.25) is 5.02 Å². The topological polar surface area (TPSA) is 15.3 Å². The summed E-state index contributed by atoms with van der Waals surface area (Å²) in [6.45, 7) is 1.30. The number of nitrogens with zero attached hydrogens (tertiary/aromatic N) is 1. The van der Waals surface area contributed by atoms with E-state index >= 15 is 0 Å². The Morgan fingerprint density at radius 3 is 2.82 bits per heavy atom. The van der Waals surface area contributed by atoms with E-state index in [0.29, 0.717) is 12.6 Å². The SMILES string of the molecule is FC(F)(F)CNCCC1CCCCN1Cc1cccc(Cl)c1. The first-order chi connectivity index (χ1) is 10.4. The van der Waals surface area contributed by atoms with Crippen LogP contribution in [0, 0.1) is 0 Å². The second-order valence-electron chi connectivity index (χ2n) is 5.83. The lowest BCUT2D eigenvalue weighted by Gasteiger charge is -2.36. The second-order valence-corrected chi connectivity index (χ2v) is 6.27. The molecule has 0 saturated carbocycles. The molecule has 2 rings (SSSR count). The van der Waals surface area contributed by atoms with E-state index in [2.05, 4.69) is 10.2 Å². The molecule has 0 aromatic heterocycles. The van der Waals surface area contributed by atoms with Crippen LogP contribution in [0.1, 0.15) is 31.2 Å². The predicted octanol–water partition coefficient (Wildman–Crippen LogP) is 4.24. The van der Waals surface area contributed by atoms with Gasteiger partial charge in [0.25, 0.3) is 0 Å². The molecule has 1 atom stereocenters. The minimum absolute atomic E-state index is 0.341. The first kappa shape index (κ1) is 17.6. The summed E-state index contributed by atoms with van der Waals surface area (Å²) in [6, 6.07) is 8.11. The van der Waals surface area contributed by atoms with E-state index in [1.807, 2.05) is 24.3 Å². The molecule has 1 heterocycles. The number of halogens is 4. The van der Waals surface area contributed by atoms with Crippen LogP contribution >= 0.6 is 11.6 Å². The van der Waals surface area contributed by atoms with Crippen LogP contribution in [-0.2, 0) is 6.54 Å². The van der Waals surface area contributed by atoms with E-state index in [9.17, 15) is 13.2 Å². The van der Waals surface area contributed by atoms with Gasteiger partial charge in [-0.1, -0.05) is 30.2 Å². The molecule has 2 nitrogen and oxygen atoms in total. The maximum Gasteiger partial charge on any atom is 0.401 e. The summed E-state index contributed by atoms with van der Waals surface area (Å²) in [5, 5.41) is 3.21. The van der Waals surface area contributed by atoms with Crippen molar-refractivity contribution >= 4 is 11.6 Å². The third-order valence-corrected chi connectivity index (χ3v) is 4.24. The van der Waals surface area contributed by atoms with Gasteiger partial charge >= 0.3 is 6.18 Å². The molecule has 0 bridgehead atoms. The Kier molecular flexibility index (Phi) is 6.53. The molecule has 124 valence electrons. The van der Waals surface area contributed by atoms with Crippen LogP contribution in [0.15, 0.2) is 24.3 Å². The fraction of sp³-hybridized carbons (Fsp3) is 0.625. The molecular weight excluding hydrogens is 313 g/mol. The predicted molar refractivity (Wildman–Crippen MR) is 83.0 cm³/mol. The summed E-state index contributed by atoms with van der Waals surface area (Å²) in [5.74, 6) is 0. The van der Waals surface area contributed by atoms with Gasteiger partial charge in [0.1, 0.15) is 0 Å². The molecule has 0 spiro atoms. The molecule has 1 aromatic carbocycles. The summed E-state index contributed by atoms with van der Waals surface area (Å²) in [7, 11) is 0. The summed E-state index contributed by atoms with van der Waals surface area (Å²) in [5.41, 5.74) is 1.16. The molecule has 22 heavy (non-hydrogen) atoms. The van der Waals surface area contributed by atoms with Crippen molar-refractivity contribution in [3.8, 4) is 0 Å². The molecule has 1 unspecified atom stereocenters. The van der Waals surface area contributed by atoms with Gasteiger partial charge in [-0.05, 0) is 50.0 Å². The van der Waals surface area contributed by atoms with Crippen LogP contribution in [0.3, 0.4) is 0 Å². The normalized spacial score (nSPS) is 20.3. The van der Waals surface area contributed by atoms with Crippen molar-refractivity contribution in [1.29, 1.82) is 0 Å². The highest BCUT2D eigenvalue weighted by molar-refractivity contribution is 6.30. The molecule has 1 aliphatic rings. The number of hydrogen-bond acceptors (Lipinski definition) is 2. The first-order valence-electron chi connectivity index (χ1n) is 7.70. The minimum Gasteiger partial charge on any atom is -0.309 e. The van der Waals surface area contributed by atoms with E-state index in [0.717, 1.165) is 49.4 Å². The van der Waals surface area contributed by atoms with Crippen molar-refractivity contribution in [3.05, 3.63) is 34.9 Å². The van der Waals surface area contributed by atoms with Gasteiger partial charge in [-0.2, -0.15) is 13.2 Å². The van der Waals surface area contributed by atoms with Crippen LogP contribution in [0.25, 0.3) is 0 Å². The third-order valence-electron chi connectivity index (χ3n) is 4.00. The second kappa shape index (κ2) is 8.18. The largest absolute Gasteiger partial charge is 0.401 e. The molecule has 6 heteroatoms. The molecule has 1 saturated heterocycles. The Morgan fingerprint density at radius 1 is 1.27 bits per heavy atom. The molecule has 0 radical (unpaired) electrons. The van der Waals surface area contributed by atoms with E-state index in [1.165, 1.54) is 0 Å². The molecule has 1 N–H and O–H groups in total. The zero-order valence-electron chi connectivity index (χ0n) is 12.5. The van der Waals surface area contributed by atoms with Crippen molar-refractivity contribution < 1.29 is 13.2 Å². The maximum absolute atomic E-state index is 12.1. The Balaban J connectivity index is 1.83. The van der Waals surface area contributed by atoms with Crippen LogP contribution in [-0.4, -0.2) is 36.8 Å². The number of rotatable bonds is 6. The van der Waals surface area contributed by atoms with Crippen molar-refractivity contribution in [1.82, 2.24) is 10.2 Å². The van der Waals surface area contributed by atoms with Gasteiger partial charge in [0.15, 0.2) is 0 Å². The maximum atomic E-state index is 12.1. The van der Waals surface area contributed by atoms with Gasteiger partial charge < -0.3 is 5.32 Å². The quantitative estimate of drug-likeness (QED) is 0.783. The summed E-state index contributed by atoms with van der Waals surface area (Å²) in [4.78, 5) is 2.37. The van der Waals surface area contributed by atoms with Crippen molar-refractivity contribution in [2.75, 3.05) is 19.6 Å². The van der Waals surface area contributed by atoms with Crippen molar-refractivity contribution in [2.24, 2.45) is 0 Å². The Labute approximate surface area is 134 Å². The van der Waals surface area contributed by atoms with Gasteiger partial charge in [-0.15, -0.1) is 0 Å². The van der Waals surface area contributed by atoms with Gasteiger partial charge in [-0.3, -0.25) is 4.90 Å². The highest BCUT2D eigenvalue weighted by Crippen LogP contribution is 2.23. The van der Waals surface area contributed by atoms with Gasteiger partial charge in [0.2, 0.25) is 0 Å². The number of piperidine rings is 1. The van der Waals surface area contributed by atoms with Gasteiger partial charge in [-0.25, -0.2) is 0 Å². The molecule has 1 fully saturated rings. The van der Waals surface area contributed by atoms with E-state index in [-0.39, 0.29) is 0 Å². The summed E-state index contributed by atoms with van der Waals surface area (Å²) in [6.07, 6.45) is -0.0407. The third kappa shape index (κ3) is 6.15. The van der Waals surface area contributed by atoms with E-state index in [4.69, 9.17) is 11.6 Å². The Hall–Kier alpha value is -0.780. The summed E-state index contributed by atoms with van der Waals surface area (Å²) < 4.78 is 36.4. The summed E-state index contributed by atoms with van der Waals surface area (Å²) >= 11 is 6.01. The highest BCUT2D eigenvalue weighted by Gasteiger charge is 2.27. The average Bonchev–Trinajstić information content (AvgIpc) is 2.44. The smallest absolute Gasteiger partial charge is 0.309 e. The van der Waals surface area contributed by atoms with Crippen LogP contribution in [0.4, 0.5) is 13.2 Å². The lowest BCUT2D eigenvalue weighted by molar-refractivity contribution is -0.124. The van der Waals surface area contributed by atoms with Crippen LogP contribution < -0.4 is 5.32 Å². The zero-order chi connectivity index (χ0) is 16.0. The van der Waals surface area contributed by atoms with E-state index in [1.54, 1.807) is 0 Å².